The first-order valence-electron chi connectivity index (χ1n) is 4.72. The van der Waals surface area contributed by atoms with Crippen LogP contribution in [-0.4, -0.2) is 19.3 Å². The van der Waals surface area contributed by atoms with Crippen molar-refractivity contribution in [2.24, 2.45) is 0 Å². The van der Waals surface area contributed by atoms with Crippen LogP contribution in [0.4, 0.5) is 0 Å². The number of halogens is 1. The van der Waals surface area contributed by atoms with Crippen molar-refractivity contribution >= 4 is 15.9 Å². The maximum absolute atomic E-state index is 5.54. The lowest BCUT2D eigenvalue weighted by Gasteiger charge is -2.06. The highest BCUT2D eigenvalue weighted by Gasteiger charge is 2.22. The minimum atomic E-state index is 0.353. The van der Waals surface area contributed by atoms with Crippen molar-refractivity contribution in [3.63, 3.8) is 0 Å². The molecule has 1 heterocycles. The topological polar surface area (TPSA) is 21.8 Å². The van der Waals surface area contributed by atoms with Gasteiger partial charge in [-0.15, -0.1) is 0 Å². The first-order valence-corrected chi connectivity index (χ1v) is 5.84. The van der Waals surface area contributed by atoms with E-state index in [0.717, 1.165) is 18.5 Å². The molecule has 1 atom stereocenters. The molecule has 1 aliphatic heterocycles. The lowest BCUT2D eigenvalue weighted by molar-refractivity contribution is 0.104. The third-order valence-electron chi connectivity index (χ3n) is 2.23. The van der Waals surface area contributed by atoms with Gasteiger partial charge >= 0.3 is 0 Å². The summed E-state index contributed by atoms with van der Waals surface area (Å²) >= 11 is 3.46. The molecule has 0 amide bonds. The Morgan fingerprint density at radius 2 is 2.07 bits per heavy atom. The van der Waals surface area contributed by atoms with E-state index in [9.17, 15) is 0 Å². The predicted octanol–water partition coefficient (Wildman–Crippen LogP) is 2.50. The van der Waals surface area contributed by atoms with E-state index in [1.807, 2.05) is 12.1 Å². The molecule has 1 aromatic rings. The molecule has 2 nitrogen and oxygen atoms in total. The fourth-order valence-corrected chi connectivity index (χ4v) is 1.84. The Labute approximate surface area is 92.3 Å². The first kappa shape index (κ1) is 10.1. The predicted molar refractivity (Wildman–Crippen MR) is 58.5 cm³/mol. The van der Waals surface area contributed by atoms with Gasteiger partial charge in [-0.2, -0.15) is 0 Å². The molecule has 0 aliphatic carbocycles. The average molecular weight is 257 g/mol. The lowest BCUT2D eigenvalue weighted by Crippen LogP contribution is -2.02. The second-order valence-corrected chi connectivity index (χ2v) is 3.93. The summed E-state index contributed by atoms with van der Waals surface area (Å²) in [6.07, 6.45) is 0.353. The fraction of sp³-hybridized carbons (Fsp3) is 0.455. The molecule has 1 aromatic carbocycles. The molecule has 0 saturated carbocycles. The third kappa shape index (κ3) is 2.80. The van der Waals surface area contributed by atoms with Crippen molar-refractivity contribution < 1.29 is 9.47 Å². The van der Waals surface area contributed by atoms with Crippen molar-refractivity contribution in [3.05, 3.63) is 35.4 Å². The summed E-state index contributed by atoms with van der Waals surface area (Å²) in [4.78, 5) is 0. The van der Waals surface area contributed by atoms with Gasteiger partial charge in [0.05, 0.1) is 19.8 Å². The van der Waals surface area contributed by atoms with Crippen LogP contribution in [-0.2, 0) is 21.4 Å². The van der Waals surface area contributed by atoms with E-state index in [4.69, 9.17) is 9.47 Å². The van der Waals surface area contributed by atoms with E-state index in [1.165, 1.54) is 11.1 Å². The molecule has 0 spiro atoms. The molecular formula is C11H13BrO2. The zero-order valence-corrected chi connectivity index (χ0v) is 9.50. The molecule has 1 unspecified atom stereocenters. The Hall–Kier alpha value is -0.380. The molecular weight excluding hydrogens is 244 g/mol. The molecule has 14 heavy (non-hydrogen) atoms. The average Bonchev–Trinajstić information content (AvgIpc) is 3.03. The van der Waals surface area contributed by atoms with Gasteiger partial charge in [0.25, 0.3) is 0 Å². The second-order valence-electron chi connectivity index (χ2n) is 3.37. The Morgan fingerprint density at radius 3 is 2.71 bits per heavy atom. The number of epoxide rings is 1. The van der Waals surface area contributed by atoms with Gasteiger partial charge < -0.3 is 9.47 Å². The van der Waals surface area contributed by atoms with Crippen LogP contribution in [0.25, 0.3) is 0 Å². The highest BCUT2D eigenvalue weighted by Crippen LogP contribution is 2.15. The molecule has 0 radical (unpaired) electrons. The monoisotopic (exact) mass is 256 g/mol. The molecule has 3 heteroatoms. The number of alkyl halides is 1. The minimum absolute atomic E-state index is 0.353. The van der Waals surface area contributed by atoms with Crippen LogP contribution in [0.3, 0.4) is 0 Å². The molecule has 0 N–H and O–H groups in total. The smallest absolute Gasteiger partial charge is 0.104 e. The molecule has 0 bridgehead atoms. The van der Waals surface area contributed by atoms with Gasteiger partial charge in [-0.1, -0.05) is 40.2 Å². The molecule has 1 saturated heterocycles. The van der Waals surface area contributed by atoms with Gasteiger partial charge in [0, 0.05) is 5.33 Å². The van der Waals surface area contributed by atoms with E-state index in [1.54, 1.807) is 0 Å². The zero-order chi connectivity index (χ0) is 9.80. The van der Waals surface area contributed by atoms with Crippen molar-refractivity contribution in [2.75, 3.05) is 13.2 Å². The van der Waals surface area contributed by atoms with Crippen LogP contribution in [0.1, 0.15) is 11.1 Å². The summed E-state index contributed by atoms with van der Waals surface area (Å²) in [7, 11) is 0. The van der Waals surface area contributed by atoms with E-state index >= 15 is 0 Å². The Bertz CT molecular complexity index is 297. The number of hydrogen-bond acceptors (Lipinski definition) is 2. The van der Waals surface area contributed by atoms with Gasteiger partial charge in [-0.05, 0) is 11.1 Å². The van der Waals surface area contributed by atoms with Gasteiger partial charge in [-0.25, -0.2) is 0 Å². The number of ether oxygens (including phenoxy) is 2. The van der Waals surface area contributed by atoms with Crippen LogP contribution in [0.5, 0.6) is 0 Å². The van der Waals surface area contributed by atoms with Crippen LogP contribution < -0.4 is 0 Å². The van der Waals surface area contributed by atoms with E-state index in [-0.39, 0.29) is 0 Å². The molecule has 1 aliphatic rings. The molecule has 76 valence electrons. The van der Waals surface area contributed by atoms with E-state index in [2.05, 4.69) is 28.1 Å². The van der Waals surface area contributed by atoms with Crippen LogP contribution in [0, 0.1) is 0 Å². The van der Waals surface area contributed by atoms with Gasteiger partial charge in [0.15, 0.2) is 0 Å². The second kappa shape index (κ2) is 4.91. The molecule has 1 fully saturated rings. The summed E-state index contributed by atoms with van der Waals surface area (Å²) < 4.78 is 10.6. The Morgan fingerprint density at radius 1 is 1.36 bits per heavy atom. The summed E-state index contributed by atoms with van der Waals surface area (Å²) in [5.74, 6) is 0. The van der Waals surface area contributed by atoms with Gasteiger partial charge in [0.2, 0.25) is 0 Å². The number of benzene rings is 1. The summed E-state index contributed by atoms with van der Waals surface area (Å²) in [6.45, 7) is 2.26. The van der Waals surface area contributed by atoms with Crippen molar-refractivity contribution in [3.8, 4) is 0 Å². The lowest BCUT2D eigenvalue weighted by atomic mass is 10.1. The maximum atomic E-state index is 5.54. The first-order chi connectivity index (χ1) is 6.90. The number of rotatable bonds is 5. The normalized spacial score (nSPS) is 19.6. The van der Waals surface area contributed by atoms with Crippen molar-refractivity contribution in [2.45, 2.75) is 18.0 Å². The largest absolute Gasteiger partial charge is 0.374 e. The maximum Gasteiger partial charge on any atom is 0.104 e. The van der Waals surface area contributed by atoms with Crippen LogP contribution >= 0.6 is 15.9 Å². The van der Waals surface area contributed by atoms with Gasteiger partial charge in [-0.3, -0.25) is 0 Å². The third-order valence-corrected chi connectivity index (χ3v) is 2.83. The summed E-state index contributed by atoms with van der Waals surface area (Å²) in [5.41, 5.74) is 2.55. The molecule has 0 aromatic heterocycles. The Kier molecular flexibility index (Phi) is 3.56. The number of hydrogen-bond donors (Lipinski definition) is 0. The Balaban J connectivity index is 1.86. The SMILES string of the molecule is BrCc1ccccc1COCC1CO1. The quantitative estimate of drug-likeness (QED) is 0.597. The standard InChI is InChI=1S/C11H13BrO2/c12-5-9-3-1-2-4-10(9)6-13-7-11-8-14-11/h1-4,11H,5-8H2. The zero-order valence-electron chi connectivity index (χ0n) is 7.91. The minimum Gasteiger partial charge on any atom is -0.374 e. The van der Waals surface area contributed by atoms with Crippen LogP contribution in [0.2, 0.25) is 0 Å². The van der Waals surface area contributed by atoms with E-state index in [0.29, 0.717) is 12.7 Å². The summed E-state index contributed by atoms with van der Waals surface area (Å²) in [6, 6.07) is 8.30. The van der Waals surface area contributed by atoms with Crippen LogP contribution in [0.15, 0.2) is 24.3 Å². The fourth-order valence-electron chi connectivity index (χ4n) is 1.29. The van der Waals surface area contributed by atoms with Crippen molar-refractivity contribution in [1.29, 1.82) is 0 Å². The summed E-state index contributed by atoms with van der Waals surface area (Å²) in [5, 5.41) is 0.881. The van der Waals surface area contributed by atoms with Crippen molar-refractivity contribution in [1.82, 2.24) is 0 Å². The highest BCUT2D eigenvalue weighted by molar-refractivity contribution is 9.08. The van der Waals surface area contributed by atoms with E-state index < -0.39 is 0 Å². The highest BCUT2D eigenvalue weighted by atomic mass is 79.9. The van der Waals surface area contributed by atoms with Gasteiger partial charge in [0.1, 0.15) is 6.10 Å². The molecule has 2 rings (SSSR count).